The van der Waals surface area contributed by atoms with Crippen LogP contribution in [0.1, 0.15) is 44.1 Å². The van der Waals surface area contributed by atoms with E-state index in [4.69, 9.17) is 0 Å². The van der Waals surface area contributed by atoms with E-state index in [-0.39, 0.29) is 6.61 Å². The summed E-state index contributed by atoms with van der Waals surface area (Å²) >= 11 is 0. The summed E-state index contributed by atoms with van der Waals surface area (Å²) in [6.07, 6.45) is -1.14. The average Bonchev–Trinajstić information content (AvgIpc) is 2.38. The molecule has 2 unspecified atom stereocenters. The highest BCUT2D eigenvalue weighted by molar-refractivity contribution is 7.86. The third-order valence-electron chi connectivity index (χ3n) is 4.21. The lowest BCUT2D eigenvalue weighted by Crippen LogP contribution is -2.48. The zero-order valence-corrected chi connectivity index (χ0v) is 14.6. The fourth-order valence-corrected chi connectivity index (χ4v) is 4.36. The van der Waals surface area contributed by atoms with Crippen LogP contribution in [-0.4, -0.2) is 35.9 Å². The number of hydrogen-bond acceptors (Lipinski definition) is 4. The van der Waals surface area contributed by atoms with E-state index < -0.39 is 32.3 Å². The van der Waals surface area contributed by atoms with Gasteiger partial charge in [0, 0.05) is 10.8 Å². The fraction of sp³-hybridized carbons (Fsp3) is 0.625. The molecule has 6 heteroatoms. The van der Waals surface area contributed by atoms with E-state index in [2.05, 4.69) is 0 Å². The van der Waals surface area contributed by atoms with E-state index in [9.17, 15) is 23.2 Å². The van der Waals surface area contributed by atoms with Crippen molar-refractivity contribution in [2.75, 3.05) is 6.61 Å². The van der Waals surface area contributed by atoms with E-state index in [1.54, 1.807) is 52.0 Å². The quantitative estimate of drug-likeness (QED) is 0.696. The van der Waals surface area contributed by atoms with E-state index >= 15 is 0 Å². The molecule has 0 saturated carbocycles. The Hall–Kier alpha value is -0.950. The van der Waals surface area contributed by atoms with Crippen molar-refractivity contribution in [1.82, 2.24) is 0 Å². The number of rotatable bonds is 6. The van der Waals surface area contributed by atoms with Crippen molar-refractivity contribution in [2.24, 2.45) is 10.8 Å². The van der Waals surface area contributed by atoms with Gasteiger partial charge in [-0.2, -0.15) is 8.42 Å². The monoisotopic (exact) mass is 330 g/mol. The molecule has 0 aromatic heterocycles. The highest BCUT2D eigenvalue weighted by Gasteiger charge is 2.49. The summed E-state index contributed by atoms with van der Waals surface area (Å²) in [5, 5.41) is 18.8. The molecule has 1 rings (SSSR count). The number of aliphatic hydroxyl groups is 2. The molecular formula is C16H26O5S. The van der Waals surface area contributed by atoms with E-state index in [1.165, 1.54) is 0 Å². The van der Waals surface area contributed by atoms with Crippen LogP contribution in [0.3, 0.4) is 0 Å². The summed E-state index contributed by atoms with van der Waals surface area (Å²) in [7, 11) is -4.44. The predicted octanol–water partition coefficient (Wildman–Crippen LogP) is 2.33. The third-order valence-corrected chi connectivity index (χ3v) is 5.68. The third kappa shape index (κ3) is 3.87. The van der Waals surface area contributed by atoms with Crippen LogP contribution in [0.2, 0.25) is 0 Å². The van der Waals surface area contributed by atoms with Gasteiger partial charge in [-0.05, 0) is 12.5 Å². The maximum atomic E-state index is 12.0. The Morgan fingerprint density at radius 3 is 1.91 bits per heavy atom. The summed E-state index contributed by atoms with van der Waals surface area (Å²) in [5.74, 6) is 0. The van der Waals surface area contributed by atoms with Crippen molar-refractivity contribution in [3.8, 4) is 0 Å². The summed E-state index contributed by atoms with van der Waals surface area (Å²) in [4.78, 5) is 0. The molecule has 0 aliphatic carbocycles. The van der Waals surface area contributed by atoms with Gasteiger partial charge < -0.3 is 10.2 Å². The van der Waals surface area contributed by atoms with Crippen molar-refractivity contribution in [1.29, 1.82) is 0 Å². The van der Waals surface area contributed by atoms with Gasteiger partial charge in [0.05, 0.1) is 12.7 Å². The molecule has 5 nitrogen and oxygen atoms in total. The Morgan fingerprint density at radius 2 is 1.55 bits per heavy atom. The van der Waals surface area contributed by atoms with Gasteiger partial charge in [-0.1, -0.05) is 57.5 Å². The molecule has 0 heterocycles. The van der Waals surface area contributed by atoms with E-state index in [0.717, 1.165) is 5.56 Å². The van der Waals surface area contributed by atoms with Crippen LogP contribution in [-0.2, 0) is 10.1 Å². The van der Waals surface area contributed by atoms with Gasteiger partial charge in [-0.25, -0.2) is 0 Å². The van der Waals surface area contributed by atoms with Gasteiger partial charge in [0.1, 0.15) is 5.25 Å². The molecule has 0 spiro atoms. The van der Waals surface area contributed by atoms with Crippen LogP contribution < -0.4 is 0 Å². The Kier molecular flexibility index (Phi) is 5.45. The number of hydrogen-bond donors (Lipinski definition) is 3. The second-order valence-electron chi connectivity index (χ2n) is 7.18. The fourth-order valence-electron chi connectivity index (χ4n) is 2.96. The minimum atomic E-state index is -4.44. The highest BCUT2D eigenvalue weighted by Crippen LogP contribution is 2.46. The molecule has 0 amide bonds. The average molecular weight is 330 g/mol. The molecule has 1 aromatic carbocycles. The van der Waals surface area contributed by atoms with Gasteiger partial charge in [0.25, 0.3) is 10.1 Å². The Labute approximate surface area is 132 Å². The molecule has 0 bridgehead atoms. The first-order valence-electron chi connectivity index (χ1n) is 7.16. The maximum Gasteiger partial charge on any atom is 0.272 e. The zero-order valence-electron chi connectivity index (χ0n) is 13.7. The minimum absolute atomic E-state index is 0.302. The molecule has 2 atom stereocenters. The second kappa shape index (κ2) is 6.28. The number of aliphatic hydroxyl groups excluding tert-OH is 2. The van der Waals surface area contributed by atoms with Crippen LogP contribution >= 0.6 is 0 Å². The van der Waals surface area contributed by atoms with Crippen molar-refractivity contribution in [3.05, 3.63) is 35.4 Å². The van der Waals surface area contributed by atoms with E-state index in [1.807, 2.05) is 6.92 Å². The van der Waals surface area contributed by atoms with Gasteiger partial charge in [0.15, 0.2) is 0 Å². The van der Waals surface area contributed by atoms with E-state index in [0.29, 0.717) is 5.56 Å². The topological polar surface area (TPSA) is 94.8 Å². The lowest BCUT2D eigenvalue weighted by Gasteiger charge is -2.43. The zero-order chi connectivity index (χ0) is 17.3. The van der Waals surface area contributed by atoms with Crippen LogP contribution in [0.5, 0.6) is 0 Å². The first kappa shape index (κ1) is 19.1. The summed E-state index contributed by atoms with van der Waals surface area (Å²) in [6, 6.07) is 6.78. The van der Waals surface area contributed by atoms with Gasteiger partial charge in [-0.3, -0.25) is 4.55 Å². The lowest BCUT2D eigenvalue weighted by atomic mass is 9.69. The van der Waals surface area contributed by atoms with Crippen LogP contribution in [0.25, 0.3) is 0 Å². The largest absolute Gasteiger partial charge is 0.396 e. The number of aryl methyl sites for hydroxylation is 1. The molecule has 0 aliphatic heterocycles. The molecule has 126 valence electrons. The Morgan fingerprint density at radius 1 is 1.09 bits per heavy atom. The van der Waals surface area contributed by atoms with Crippen molar-refractivity contribution in [3.63, 3.8) is 0 Å². The molecule has 3 N–H and O–H groups in total. The molecule has 22 heavy (non-hydrogen) atoms. The molecule has 1 aromatic rings. The normalized spacial score (nSPS) is 16.4. The summed E-state index contributed by atoms with van der Waals surface area (Å²) in [6.45, 7) is 8.02. The van der Waals surface area contributed by atoms with Gasteiger partial charge in [0.2, 0.25) is 0 Å². The summed E-state index contributed by atoms with van der Waals surface area (Å²) in [5.41, 5.74) is -0.732. The predicted molar refractivity (Wildman–Crippen MR) is 86.1 cm³/mol. The first-order chi connectivity index (χ1) is 9.84. The van der Waals surface area contributed by atoms with Crippen molar-refractivity contribution in [2.45, 2.75) is 46.0 Å². The molecular weight excluding hydrogens is 304 g/mol. The maximum absolute atomic E-state index is 12.0. The standard InChI is InChI=1S/C16H26O5S/c1-11-6-8-12(9-7-11)13(22(19,20)21)16(4,5)14(18)15(2,3)10-17/h6-9,13-14,17-18H,10H2,1-5H3,(H,19,20,21). The van der Waals surface area contributed by atoms with Gasteiger partial charge >= 0.3 is 0 Å². The second-order valence-corrected chi connectivity index (χ2v) is 8.68. The Balaban J connectivity index is 3.43. The number of benzene rings is 1. The van der Waals surface area contributed by atoms with Crippen LogP contribution in [0, 0.1) is 17.8 Å². The lowest BCUT2D eigenvalue weighted by molar-refractivity contribution is -0.0669. The molecule has 0 radical (unpaired) electrons. The van der Waals surface area contributed by atoms with Crippen LogP contribution in [0.4, 0.5) is 0 Å². The SMILES string of the molecule is Cc1ccc(C(C(C)(C)C(O)C(C)(C)CO)S(=O)(=O)O)cc1. The van der Waals surface area contributed by atoms with Crippen LogP contribution in [0.15, 0.2) is 24.3 Å². The Bertz CT molecular complexity index is 602. The van der Waals surface area contributed by atoms with Crippen molar-refractivity contribution < 1.29 is 23.2 Å². The highest BCUT2D eigenvalue weighted by atomic mass is 32.2. The van der Waals surface area contributed by atoms with Gasteiger partial charge in [-0.15, -0.1) is 0 Å². The summed E-state index contributed by atoms with van der Waals surface area (Å²) < 4.78 is 33.7. The first-order valence-corrected chi connectivity index (χ1v) is 8.66. The molecule has 0 fully saturated rings. The smallest absolute Gasteiger partial charge is 0.272 e. The minimum Gasteiger partial charge on any atom is -0.396 e. The van der Waals surface area contributed by atoms with Crippen molar-refractivity contribution >= 4 is 10.1 Å². The molecule has 0 saturated heterocycles. The molecule has 0 aliphatic rings.